The van der Waals surface area contributed by atoms with Crippen LogP contribution in [-0.4, -0.2) is 62.8 Å². The molecule has 2 unspecified atom stereocenters. The molecule has 0 spiro atoms. The Morgan fingerprint density at radius 1 is 0.917 bits per heavy atom. The van der Waals surface area contributed by atoms with E-state index in [9.17, 15) is 0 Å². The molecule has 1 fully saturated rings. The van der Waals surface area contributed by atoms with Crippen molar-refractivity contribution in [2.24, 2.45) is 0 Å². The van der Waals surface area contributed by atoms with Gasteiger partial charge in [0.25, 0.3) is 0 Å². The topological polar surface area (TPSA) is 110 Å². The quantitative estimate of drug-likeness (QED) is 0.290. The molecule has 0 bridgehead atoms. The van der Waals surface area contributed by atoms with Gasteiger partial charge in [0, 0.05) is 0 Å². The van der Waals surface area contributed by atoms with Crippen LogP contribution < -0.4 is 0 Å². The molecule has 72 valence electrons. The minimum absolute atomic E-state index is 0.526. The van der Waals surface area contributed by atoms with Gasteiger partial charge in [-0.15, -0.1) is 0 Å². The standard InChI is InChI=1S/C6H12O6/c7-1-2-3(8)4(9)5(10)6(11)12-2/h2-11H,1H2/t2?,3-,4+,5-,6?/m0/s1. The maximum absolute atomic E-state index is 9.12. The Bertz CT molecular complexity index is 146. The number of ether oxygens (including phenoxy) is 1. The maximum Gasteiger partial charge on any atom is 0.184 e. The van der Waals surface area contributed by atoms with Crippen molar-refractivity contribution in [3.05, 3.63) is 0 Å². The monoisotopic (exact) mass is 180 g/mol. The van der Waals surface area contributed by atoms with E-state index < -0.39 is 37.3 Å². The molecule has 1 saturated heterocycles. The average Bonchev–Trinajstić information content (AvgIpc) is 2.08. The van der Waals surface area contributed by atoms with Crippen molar-refractivity contribution in [1.82, 2.24) is 0 Å². The van der Waals surface area contributed by atoms with E-state index in [2.05, 4.69) is 4.74 Å². The van der Waals surface area contributed by atoms with Gasteiger partial charge in [-0.25, -0.2) is 0 Å². The van der Waals surface area contributed by atoms with Gasteiger partial charge in [0.15, 0.2) is 6.29 Å². The second-order valence-corrected chi connectivity index (χ2v) is 2.72. The Hall–Kier alpha value is -0.240. The predicted octanol–water partition coefficient (Wildman–Crippen LogP) is -3.22. The van der Waals surface area contributed by atoms with E-state index in [1.165, 1.54) is 0 Å². The molecule has 1 heterocycles. The highest BCUT2D eigenvalue weighted by Crippen LogP contribution is 2.18. The molecule has 1 aliphatic rings. The van der Waals surface area contributed by atoms with E-state index >= 15 is 0 Å². The summed E-state index contributed by atoms with van der Waals surface area (Å²) in [5.74, 6) is 0. The van der Waals surface area contributed by atoms with Crippen LogP contribution in [0, 0.1) is 0 Å². The Labute approximate surface area is 68.6 Å². The molecule has 0 amide bonds. The molecule has 0 radical (unpaired) electrons. The first kappa shape index (κ1) is 9.85. The molecule has 0 saturated carbocycles. The molecule has 0 aliphatic carbocycles. The zero-order chi connectivity index (χ0) is 9.30. The third kappa shape index (κ3) is 1.58. The molecule has 0 aromatic rings. The molecule has 6 heteroatoms. The van der Waals surface area contributed by atoms with Gasteiger partial charge < -0.3 is 30.3 Å². The maximum atomic E-state index is 9.12. The van der Waals surface area contributed by atoms with E-state index in [-0.39, 0.29) is 0 Å². The number of aliphatic hydroxyl groups excluding tert-OH is 5. The SMILES string of the molecule is OCC1OC(O)[C@@H](O)[C@H](O)[C@H]1O. The summed E-state index contributed by atoms with van der Waals surface area (Å²) in [6.07, 6.45) is -7.04. The van der Waals surface area contributed by atoms with Crippen molar-refractivity contribution in [2.75, 3.05) is 6.61 Å². The molecule has 0 aromatic heterocycles. The van der Waals surface area contributed by atoms with Crippen LogP contribution in [0.2, 0.25) is 0 Å². The smallest absolute Gasteiger partial charge is 0.184 e. The Morgan fingerprint density at radius 3 is 2.00 bits per heavy atom. The fourth-order valence-electron chi connectivity index (χ4n) is 1.08. The van der Waals surface area contributed by atoms with Crippen molar-refractivity contribution in [3.63, 3.8) is 0 Å². The predicted molar refractivity (Wildman–Crippen MR) is 36.0 cm³/mol. The van der Waals surface area contributed by atoms with Crippen LogP contribution in [0.4, 0.5) is 0 Å². The minimum Gasteiger partial charge on any atom is -0.394 e. The Balaban J connectivity index is 2.63. The van der Waals surface area contributed by atoms with E-state index in [4.69, 9.17) is 25.5 Å². The van der Waals surface area contributed by atoms with Crippen LogP contribution in [0.25, 0.3) is 0 Å². The fourth-order valence-corrected chi connectivity index (χ4v) is 1.08. The zero-order valence-electron chi connectivity index (χ0n) is 6.24. The third-order valence-electron chi connectivity index (χ3n) is 1.87. The Kier molecular flexibility index (Phi) is 2.99. The summed E-state index contributed by atoms with van der Waals surface area (Å²) in [5, 5.41) is 44.7. The van der Waals surface area contributed by atoms with Crippen LogP contribution >= 0.6 is 0 Å². The summed E-state index contributed by atoms with van der Waals surface area (Å²) >= 11 is 0. The summed E-state index contributed by atoms with van der Waals surface area (Å²) in [4.78, 5) is 0. The van der Waals surface area contributed by atoms with Gasteiger partial charge in [-0.2, -0.15) is 0 Å². The van der Waals surface area contributed by atoms with E-state index in [1.807, 2.05) is 0 Å². The lowest BCUT2D eigenvalue weighted by molar-refractivity contribution is -0.286. The number of rotatable bonds is 1. The second-order valence-electron chi connectivity index (χ2n) is 2.72. The van der Waals surface area contributed by atoms with Crippen molar-refractivity contribution in [2.45, 2.75) is 30.7 Å². The first-order chi connectivity index (χ1) is 5.57. The Morgan fingerprint density at radius 2 is 1.50 bits per heavy atom. The molecular weight excluding hydrogens is 168 g/mol. The van der Waals surface area contributed by atoms with Gasteiger partial charge in [0.1, 0.15) is 24.4 Å². The van der Waals surface area contributed by atoms with Gasteiger partial charge in [-0.05, 0) is 0 Å². The summed E-state index contributed by atoms with van der Waals surface area (Å²) in [7, 11) is 0. The van der Waals surface area contributed by atoms with Crippen molar-refractivity contribution in [1.29, 1.82) is 0 Å². The highest BCUT2D eigenvalue weighted by molar-refractivity contribution is 4.87. The molecule has 5 atom stereocenters. The van der Waals surface area contributed by atoms with Crippen LogP contribution in [0.3, 0.4) is 0 Å². The van der Waals surface area contributed by atoms with Crippen molar-refractivity contribution in [3.8, 4) is 0 Å². The lowest BCUT2D eigenvalue weighted by Gasteiger charge is -2.37. The van der Waals surface area contributed by atoms with Gasteiger partial charge >= 0.3 is 0 Å². The second kappa shape index (κ2) is 3.65. The van der Waals surface area contributed by atoms with Crippen LogP contribution in [0.15, 0.2) is 0 Å². The fraction of sp³-hybridized carbons (Fsp3) is 1.00. The number of hydrogen-bond donors (Lipinski definition) is 5. The molecule has 1 rings (SSSR count). The summed E-state index contributed by atoms with van der Waals surface area (Å²) in [6, 6.07) is 0. The third-order valence-corrected chi connectivity index (χ3v) is 1.87. The highest BCUT2D eigenvalue weighted by atomic mass is 16.6. The van der Waals surface area contributed by atoms with Gasteiger partial charge in [-0.3, -0.25) is 0 Å². The van der Waals surface area contributed by atoms with Crippen LogP contribution in [0.1, 0.15) is 0 Å². The van der Waals surface area contributed by atoms with Crippen molar-refractivity contribution >= 4 is 0 Å². The highest BCUT2D eigenvalue weighted by Gasteiger charge is 2.42. The molecule has 6 nitrogen and oxygen atoms in total. The first-order valence-corrected chi connectivity index (χ1v) is 3.56. The number of hydrogen-bond acceptors (Lipinski definition) is 6. The van der Waals surface area contributed by atoms with Gasteiger partial charge in [0.05, 0.1) is 6.61 Å². The van der Waals surface area contributed by atoms with Gasteiger partial charge in [-0.1, -0.05) is 0 Å². The zero-order valence-corrected chi connectivity index (χ0v) is 6.24. The lowest BCUT2D eigenvalue weighted by Crippen LogP contribution is -2.58. The molecular formula is C6H12O6. The first-order valence-electron chi connectivity index (χ1n) is 3.56. The van der Waals surface area contributed by atoms with Crippen molar-refractivity contribution < 1.29 is 30.3 Å². The van der Waals surface area contributed by atoms with Gasteiger partial charge in [0.2, 0.25) is 0 Å². The lowest BCUT2D eigenvalue weighted by atomic mass is 10.00. The summed E-state index contributed by atoms with van der Waals surface area (Å²) < 4.78 is 4.58. The molecule has 5 N–H and O–H groups in total. The van der Waals surface area contributed by atoms with Crippen LogP contribution in [-0.2, 0) is 4.74 Å². The van der Waals surface area contributed by atoms with E-state index in [0.29, 0.717) is 0 Å². The minimum atomic E-state index is -1.57. The normalized spacial score (nSPS) is 49.2. The average molecular weight is 180 g/mol. The summed E-state index contributed by atoms with van der Waals surface area (Å²) in [5.41, 5.74) is 0. The molecule has 12 heavy (non-hydrogen) atoms. The number of aliphatic hydroxyl groups is 5. The summed E-state index contributed by atoms with van der Waals surface area (Å²) in [6.45, 7) is -0.526. The molecule has 0 aromatic carbocycles. The molecule has 1 aliphatic heterocycles. The largest absolute Gasteiger partial charge is 0.394 e. The van der Waals surface area contributed by atoms with E-state index in [0.717, 1.165) is 0 Å². The van der Waals surface area contributed by atoms with Crippen LogP contribution in [0.5, 0.6) is 0 Å². The van der Waals surface area contributed by atoms with E-state index in [1.54, 1.807) is 0 Å².